The van der Waals surface area contributed by atoms with Gasteiger partial charge in [0.1, 0.15) is 0 Å². The van der Waals surface area contributed by atoms with Crippen LogP contribution in [0.15, 0.2) is 96.3 Å². The zero-order valence-corrected chi connectivity index (χ0v) is 24.8. The van der Waals surface area contributed by atoms with Crippen LogP contribution >= 0.6 is 11.3 Å². The van der Waals surface area contributed by atoms with Crippen LogP contribution in [0.3, 0.4) is 0 Å². The topological polar surface area (TPSA) is 75.5 Å². The third kappa shape index (κ3) is 5.41. The van der Waals surface area contributed by atoms with Crippen LogP contribution in [0.2, 0.25) is 0 Å². The Hall–Kier alpha value is -3.53. The van der Waals surface area contributed by atoms with Crippen LogP contribution in [-0.2, 0) is 10.0 Å². The summed E-state index contributed by atoms with van der Waals surface area (Å²) in [4.78, 5) is 17.1. The Labute approximate surface area is 245 Å². The number of sulfonamides is 1. The summed E-state index contributed by atoms with van der Waals surface area (Å²) in [7, 11) is -3.77. The average molecular weight is 587 g/mol. The molecule has 0 N–H and O–H groups in total. The Balaban J connectivity index is 1.36. The van der Waals surface area contributed by atoms with E-state index in [-0.39, 0.29) is 23.3 Å². The van der Waals surface area contributed by atoms with Gasteiger partial charge < -0.3 is 4.90 Å². The summed E-state index contributed by atoms with van der Waals surface area (Å²) in [6.45, 7) is 6.53. The first-order chi connectivity index (χ1) is 19.8. The zero-order valence-electron chi connectivity index (χ0n) is 23.1. The van der Waals surface area contributed by atoms with E-state index < -0.39 is 10.0 Å². The van der Waals surface area contributed by atoms with Gasteiger partial charge in [0.05, 0.1) is 33.7 Å². The van der Waals surface area contributed by atoms with E-state index in [1.165, 1.54) is 17.8 Å². The maximum Gasteiger partial charge on any atom is 0.243 e. The number of benzene rings is 2. The van der Waals surface area contributed by atoms with Gasteiger partial charge in [-0.05, 0) is 60.7 Å². The summed E-state index contributed by atoms with van der Waals surface area (Å²) in [6.07, 6.45) is 9.03. The highest BCUT2D eigenvalue weighted by Gasteiger charge is 2.41. The third-order valence-electron chi connectivity index (χ3n) is 8.21. The van der Waals surface area contributed by atoms with E-state index in [0.717, 1.165) is 47.5 Å². The van der Waals surface area contributed by atoms with Gasteiger partial charge in [-0.25, -0.2) is 13.1 Å². The second kappa shape index (κ2) is 11.4. The summed E-state index contributed by atoms with van der Waals surface area (Å²) in [5, 5.41) is 4.23. The summed E-state index contributed by atoms with van der Waals surface area (Å²) in [5.74, 6) is 0.315. The van der Waals surface area contributed by atoms with Crippen molar-refractivity contribution >= 4 is 32.8 Å². The van der Waals surface area contributed by atoms with Crippen molar-refractivity contribution in [3.8, 4) is 16.1 Å². The van der Waals surface area contributed by atoms with Gasteiger partial charge in [-0.1, -0.05) is 56.2 Å². The standard InChI is InChI=1S/C32H34N4O3S2/c1-23-21-34(41(38,39)28-16-14-27(15-17-28)35-19-9-18-33-35)22-30(25-10-5-3-6-11-25)36(23)29-20-31(40-32(29)24(2)37)26-12-7-4-8-13-26/h4,7-9,12-20,25,30H,1,3,5-6,10-11,21-22H2,2H3. The Morgan fingerprint density at radius 1 is 1.00 bits per heavy atom. The molecule has 1 aliphatic heterocycles. The summed E-state index contributed by atoms with van der Waals surface area (Å²) >= 11 is 1.50. The van der Waals surface area contributed by atoms with Crippen molar-refractivity contribution in [2.75, 3.05) is 18.0 Å². The molecule has 212 valence electrons. The van der Waals surface area contributed by atoms with Crippen LogP contribution in [0.1, 0.15) is 48.7 Å². The van der Waals surface area contributed by atoms with Gasteiger partial charge in [0.15, 0.2) is 5.78 Å². The van der Waals surface area contributed by atoms with Gasteiger partial charge in [0, 0.05) is 36.4 Å². The van der Waals surface area contributed by atoms with Crippen LogP contribution in [0, 0.1) is 5.92 Å². The molecule has 9 heteroatoms. The lowest BCUT2D eigenvalue weighted by Gasteiger charge is -2.47. The predicted octanol–water partition coefficient (Wildman–Crippen LogP) is 6.78. The fourth-order valence-corrected chi connectivity index (χ4v) is 8.67. The molecule has 6 rings (SSSR count). The van der Waals surface area contributed by atoms with Crippen LogP contribution in [0.25, 0.3) is 16.1 Å². The summed E-state index contributed by atoms with van der Waals surface area (Å²) < 4.78 is 31.2. The highest BCUT2D eigenvalue weighted by molar-refractivity contribution is 7.89. The van der Waals surface area contributed by atoms with Crippen LogP contribution in [0.4, 0.5) is 5.69 Å². The molecule has 2 aromatic heterocycles. The number of aromatic nitrogens is 2. The van der Waals surface area contributed by atoms with Gasteiger partial charge in [0.2, 0.25) is 10.0 Å². The Morgan fingerprint density at radius 2 is 1.73 bits per heavy atom. The molecule has 7 nitrogen and oxygen atoms in total. The number of rotatable bonds is 7. The van der Waals surface area contributed by atoms with Gasteiger partial charge in [-0.15, -0.1) is 11.3 Å². The molecule has 3 heterocycles. The second-order valence-electron chi connectivity index (χ2n) is 10.9. The average Bonchev–Trinajstić information content (AvgIpc) is 3.69. The molecular formula is C32H34N4O3S2. The number of anilines is 1. The van der Waals surface area contributed by atoms with Crippen molar-refractivity contribution in [3.63, 3.8) is 0 Å². The molecule has 0 spiro atoms. The van der Waals surface area contributed by atoms with Gasteiger partial charge in [0.25, 0.3) is 0 Å². The molecule has 4 aromatic rings. The van der Waals surface area contributed by atoms with Crippen molar-refractivity contribution in [1.82, 2.24) is 14.1 Å². The Bertz CT molecular complexity index is 1640. The fraction of sp³-hybridized carbons (Fsp3) is 0.312. The zero-order chi connectivity index (χ0) is 28.6. The molecular weight excluding hydrogens is 553 g/mol. The SMILES string of the molecule is C=C1CN(S(=O)(=O)c2ccc(-n3cccn3)cc2)CC(C2CCCCC2)N1c1cc(-c2ccccc2)sc1C(C)=O. The summed E-state index contributed by atoms with van der Waals surface area (Å²) in [6, 6.07) is 20.7. The monoisotopic (exact) mass is 586 g/mol. The first-order valence-electron chi connectivity index (χ1n) is 14.1. The maximum absolute atomic E-state index is 14.0. The van der Waals surface area contributed by atoms with Gasteiger partial charge >= 0.3 is 0 Å². The normalized spacial score (nSPS) is 19.0. The molecule has 1 saturated heterocycles. The molecule has 41 heavy (non-hydrogen) atoms. The van der Waals surface area contributed by atoms with E-state index in [9.17, 15) is 13.2 Å². The molecule has 2 aliphatic rings. The second-order valence-corrected chi connectivity index (χ2v) is 13.9. The minimum Gasteiger partial charge on any atom is -0.338 e. The molecule has 1 aliphatic carbocycles. The van der Waals surface area contributed by atoms with Crippen molar-refractivity contribution in [1.29, 1.82) is 0 Å². The van der Waals surface area contributed by atoms with Crippen molar-refractivity contribution in [2.45, 2.75) is 50.0 Å². The highest BCUT2D eigenvalue weighted by Crippen LogP contribution is 2.43. The van der Waals surface area contributed by atoms with Crippen molar-refractivity contribution in [3.05, 3.63) is 96.3 Å². The number of Topliss-reactive ketones (excluding diaryl/α,β-unsaturated/α-hetero) is 1. The first-order valence-corrected chi connectivity index (χ1v) is 16.4. The molecule has 0 bridgehead atoms. The molecule has 2 fully saturated rings. The van der Waals surface area contributed by atoms with Gasteiger partial charge in [-0.2, -0.15) is 9.40 Å². The quantitative estimate of drug-likeness (QED) is 0.223. The lowest BCUT2D eigenvalue weighted by atomic mass is 9.82. The minimum atomic E-state index is -3.77. The number of ketones is 1. The number of hydrogen-bond donors (Lipinski definition) is 0. The number of thiophene rings is 1. The largest absolute Gasteiger partial charge is 0.338 e. The maximum atomic E-state index is 14.0. The number of nitrogens with zero attached hydrogens (tertiary/aromatic N) is 4. The smallest absolute Gasteiger partial charge is 0.243 e. The molecule has 0 amide bonds. The van der Waals surface area contributed by atoms with Crippen LogP contribution in [0.5, 0.6) is 0 Å². The molecule has 2 aromatic carbocycles. The lowest BCUT2D eigenvalue weighted by Crippen LogP contribution is -2.56. The van der Waals surface area contributed by atoms with Crippen molar-refractivity contribution < 1.29 is 13.2 Å². The lowest BCUT2D eigenvalue weighted by molar-refractivity contribution is 0.102. The molecule has 1 saturated carbocycles. The first kappa shape index (κ1) is 27.6. The Morgan fingerprint density at radius 3 is 2.39 bits per heavy atom. The van der Waals surface area contributed by atoms with E-state index in [2.05, 4.69) is 34.8 Å². The number of hydrogen-bond acceptors (Lipinski definition) is 6. The molecule has 1 unspecified atom stereocenters. The summed E-state index contributed by atoms with van der Waals surface area (Å²) in [5.41, 5.74) is 3.41. The number of piperazine rings is 1. The van der Waals surface area contributed by atoms with E-state index in [0.29, 0.717) is 23.0 Å². The number of carbonyl (C=O) groups excluding carboxylic acids is 1. The minimum absolute atomic E-state index is 0.00898. The van der Waals surface area contributed by atoms with E-state index >= 15 is 0 Å². The third-order valence-corrected chi connectivity index (χ3v) is 11.3. The molecule has 0 radical (unpaired) electrons. The predicted molar refractivity (Wildman–Crippen MR) is 164 cm³/mol. The van der Waals surface area contributed by atoms with Crippen LogP contribution in [-0.4, -0.2) is 47.4 Å². The van der Waals surface area contributed by atoms with Crippen LogP contribution < -0.4 is 4.90 Å². The highest BCUT2D eigenvalue weighted by atomic mass is 32.2. The van der Waals surface area contributed by atoms with Gasteiger partial charge in [-0.3, -0.25) is 4.79 Å². The number of carbonyl (C=O) groups is 1. The van der Waals surface area contributed by atoms with E-state index in [1.807, 2.05) is 30.5 Å². The molecule has 1 atom stereocenters. The van der Waals surface area contributed by atoms with Crippen molar-refractivity contribution in [2.24, 2.45) is 5.92 Å². The Kier molecular flexibility index (Phi) is 7.68. The van der Waals surface area contributed by atoms with E-state index in [4.69, 9.17) is 0 Å². The fourth-order valence-electron chi connectivity index (χ4n) is 6.18. The van der Waals surface area contributed by atoms with E-state index in [1.54, 1.807) is 46.4 Å².